The first-order valence-corrected chi connectivity index (χ1v) is 4.27. The molecule has 0 spiro atoms. The maximum absolute atomic E-state index is 10.7. The third kappa shape index (κ3) is 1.23. The van der Waals surface area contributed by atoms with E-state index in [1.165, 1.54) is 6.20 Å². The zero-order valence-corrected chi connectivity index (χ0v) is 7.97. The molecule has 0 N–H and O–H groups in total. The Balaban J connectivity index is 2.93. The molecule has 2 aromatic rings. The molecule has 1 aromatic heterocycles. The second-order valence-corrected chi connectivity index (χ2v) is 3.20. The second-order valence-electron chi connectivity index (χ2n) is 3.20. The topological polar surface area (TPSA) is 71.9 Å². The van der Waals surface area contributed by atoms with Gasteiger partial charge in [0.25, 0.3) is 5.69 Å². The Morgan fingerprint density at radius 3 is 2.87 bits per heavy atom. The normalized spacial score (nSPS) is 10.1. The van der Waals surface area contributed by atoms with Gasteiger partial charge in [0.2, 0.25) is 0 Å². The van der Waals surface area contributed by atoms with Crippen molar-refractivity contribution >= 4 is 16.6 Å². The van der Waals surface area contributed by atoms with Crippen LogP contribution in [0, 0.1) is 21.4 Å². The molecule has 15 heavy (non-hydrogen) atoms. The van der Waals surface area contributed by atoms with Gasteiger partial charge in [0.05, 0.1) is 27.6 Å². The average Bonchev–Trinajstić information content (AvgIpc) is 2.56. The quantitative estimate of drug-likeness (QED) is 0.523. The van der Waals surface area contributed by atoms with Crippen molar-refractivity contribution in [2.45, 2.75) is 0 Å². The molecule has 2 rings (SSSR count). The molecule has 0 bridgehead atoms. The highest BCUT2D eigenvalue weighted by Crippen LogP contribution is 2.28. The number of nitrogens with zero attached hydrogens (tertiary/aromatic N) is 3. The number of aromatic nitrogens is 1. The number of para-hydroxylation sites is 1. The molecule has 0 saturated carbocycles. The maximum atomic E-state index is 10.7. The zero-order valence-electron chi connectivity index (χ0n) is 7.97. The Morgan fingerprint density at radius 1 is 1.53 bits per heavy atom. The van der Waals surface area contributed by atoms with Gasteiger partial charge in [-0.3, -0.25) is 10.1 Å². The minimum absolute atomic E-state index is 0.0320. The molecule has 0 radical (unpaired) electrons. The highest BCUT2D eigenvalue weighted by molar-refractivity contribution is 5.93. The molecule has 0 saturated heterocycles. The predicted octanol–water partition coefficient (Wildman–Crippen LogP) is 1.96. The van der Waals surface area contributed by atoms with Crippen LogP contribution in [0.2, 0.25) is 0 Å². The number of nitro groups is 1. The molecular formula is C10H7N3O2. The van der Waals surface area contributed by atoms with Crippen molar-refractivity contribution in [3.63, 3.8) is 0 Å². The number of hydrogen-bond donors (Lipinski definition) is 0. The molecule has 1 aromatic carbocycles. The summed E-state index contributed by atoms with van der Waals surface area (Å²) in [6.07, 6.45) is 1.42. The Labute approximate surface area is 85.3 Å². The Hall–Kier alpha value is -2.35. The van der Waals surface area contributed by atoms with Gasteiger partial charge in [-0.2, -0.15) is 5.26 Å². The van der Waals surface area contributed by atoms with Crippen molar-refractivity contribution in [2.75, 3.05) is 0 Å². The molecule has 0 fully saturated rings. The van der Waals surface area contributed by atoms with Crippen LogP contribution in [-0.2, 0) is 7.05 Å². The second kappa shape index (κ2) is 3.10. The SMILES string of the molecule is Cn1cc([N+](=O)[O-])c2cccc(C#N)c21. The molecule has 74 valence electrons. The highest BCUT2D eigenvalue weighted by Gasteiger charge is 2.17. The fourth-order valence-corrected chi connectivity index (χ4v) is 1.68. The number of nitriles is 1. The van der Waals surface area contributed by atoms with Gasteiger partial charge in [0.15, 0.2) is 0 Å². The summed E-state index contributed by atoms with van der Waals surface area (Å²) in [4.78, 5) is 10.3. The van der Waals surface area contributed by atoms with Gasteiger partial charge in [-0.05, 0) is 12.1 Å². The van der Waals surface area contributed by atoms with E-state index in [0.717, 1.165) is 0 Å². The minimum Gasteiger partial charge on any atom is -0.343 e. The summed E-state index contributed by atoms with van der Waals surface area (Å²) in [5.41, 5.74) is 1.08. The number of benzene rings is 1. The van der Waals surface area contributed by atoms with E-state index < -0.39 is 4.92 Å². The maximum Gasteiger partial charge on any atom is 0.294 e. The molecule has 5 heteroatoms. The van der Waals surface area contributed by atoms with Crippen molar-refractivity contribution < 1.29 is 4.92 Å². The van der Waals surface area contributed by atoms with E-state index in [0.29, 0.717) is 16.5 Å². The molecule has 0 atom stereocenters. The third-order valence-electron chi connectivity index (χ3n) is 2.30. The van der Waals surface area contributed by atoms with E-state index in [9.17, 15) is 10.1 Å². The van der Waals surface area contributed by atoms with Crippen molar-refractivity contribution in [3.05, 3.63) is 40.1 Å². The lowest BCUT2D eigenvalue weighted by molar-refractivity contribution is -0.383. The van der Waals surface area contributed by atoms with Crippen LogP contribution in [-0.4, -0.2) is 9.49 Å². The Bertz CT molecular complexity index is 592. The lowest BCUT2D eigenvalue weighted by Gasteiger charge is -1.96. The van der Waals surface area contributed by atoms with Crippen molar-refractivity contribution in [3.8, 4) is 6.07 Å². The number of rotatable bonds is 1. The summed E-state index contributed by atoms with van der Waals surface area (Å²) >= 11 is 0. The van der Waals surface area contributed by atoms with E-state index in [2.05, 4.69) is 0 Å². The van der Waals surface area contributed by atoms with Gasteiger partial charge in [0, 0.05) is 7.05 Å². The largest absolute Gasteiger partial charge is 0.343 e. The molecule has 0 unspecified atom stereocenters. The van der Waals surface area contributed by atoms with E-state index in [4.69, 9.17) is 5.26 Å². The average molecular weight is 201 g/mol. The Morgan fingerprint density at radius 2 is 2.27 bits per heavy atom. The minimum atomic E-state index is -0.441. The van der Waals surface area contributed by atoms with Crippen molar-refractivity contribution in [2.24, 2.45) is 7.05 Å². The Kier molecular flexibility index (Phi) is 1.90. The first-order chi connectivity index (χ1) is 7.15. The monoisotopic (exact) mass is 201 g/mol. The van der Waals surface area contributed by atoms with E-state index in [-0.39, 0.29) is 5.69 Å². The lowest BCUT2D eigenvalue weighted by atomic mass is 10.1. The van der Waals surface area contributed by atoms with Gasteiger partial charge in [-0.25, -0.2) is 0 Å². The van der Waals surface area contributed by atoms with Crippen LogP contribution in [0.3, 0.4) is 0 Å². The van der Waals surface area contributed by atoms with Crippen LogP contribution in [0.25, 0.3) is 10.9 Å². The van der Waals surface area contributed by atoms with Gasteiger partial charge >= 0.3 is 0 Å². The van der Waals surface area contributed by atoms with Gasteiger partial charge in [-0.15, -0.1) is 0 Å². The molecule has 5 nitrogen and oxygen atoms in total. The van der Waals surface area contributed by atoms with Crippen molar-refractivity contribution in [1.82, 2.24) is 4.57 Å². The molecule has 0 aliphatic carbocycles. The van der Waals surface area contributed by atoms with E-state index >= 15 is 0 Å². The summed E-state index contributed by atoms with van der Waals surface area (Å²) in [6.45, 7) is 0. The van der Waals surface area contributed by atoms with Crippen LogP contribution < -0.4 is 0 Å². The lowest BCUT2D eigenvalue weighted by Crippen LogP contribution is -1.87. The van der Waals surface area contributed by atoms with Crippen LogP contribution in [0.4, 0.5) is 5.69 Å². The van der Waals surface area contributed by atoms with E-state index in [1.54, 1.807) is 29.8 Å². The number of hydrogen-bond acceptors (Lipinski definition) is 3. The summed E-state index contributed by atoms with van der Waals surface area (Å²) in [6, 6.07) is 6.96. The van der Waals surface area contributed by atoms with Crippen LogP contribution in [0.15, 0.2) is 24.4 Å². The first kappa shape index (κ1) is 9.21. The van der Waals surface area contributed by atoms with Crippen LogP contribution in [0.1, 0.15) is 5.56 Å². The third-order valence-corrected chi connectivity index (χ3v) is 2.30. The van der Waals surface area contributed by atoms with Gasteiger partial charge < -0.3 is 4.57 Å². The summed E-state index contributed by atoms with van der Waals surface area (Å²) in [7, 11) is 1.69. The highest BCUT2D eigenvalue weighted by atomic mass is 16.6. The van der Waals surface area contributed by atoms with Crippen LogP contribution in [0.5, 0.6) is 0 Å². The standard InChI is InChI=1S/C10H7N3O2/c1-12-6-9(13(14)15)8-4-2-3-7(5-11)10(8)12/h2-4,6H,1H3. The predicted molar refractivity (Wildman–Crippen MR) is 54.3 cm³/mol. The molecular weight excluding hydrogens is 194 g/mol. The fraction of sp³-hybridized carbons (Fsp3) is 0.100. The fourth-order valence-electron chi connectivity index (χ4n) is 1.68. The summed E-state index contributed by atoms with van der Waals surface area (Å²) < 4.78 is 1.60. The zero-order chi connectivity index (χ0) is 11.0. The summed E-state index contributed by atoms with van der Waals surface area (Å²) in [5, 5.41) is 20.1. The van der Waals surface area contributed by atoms with Gasteiger partial charge in [0.1, 0.15) is 6.07 Å². The molecule has 0 amide bonds. The number of aryl methyl sites for hydroxylation is 1. The van der Waals surface area contributed by atoms with Gasteiger partial charge in [-0.1, -0.05) is 6.07 Å². The van der Waals surface area contributed by atoms with Crippen molar-refractivity contribution in [1.29, 1.82) is 5.26 Å². The molecule has 0 aliphatic heterocycles. The smallest absolute Gasteiger partial charge is 0.294 e. The van der Waals surface area contributed by atoms with E-state index in [1.807, 2.05) is 6.07 Å². The van der Waals surface area contributed by atoms with Crippen LogP contribution >= 0.6 is 0 Å². The number of fused-ring (bicyclic) bond motifs is 1. The summed E-state index contributed by atoms with van der Waals surface area (Å²) in [5.74, 6) is 0. The first-order valence-electron chi connectivity index (χ1n) is 4.27. The molecule has 0 aliphatic rings. The molecule has 1 heterocycles.